The third kappa shape index (κ3) is 3.78. The van der Waals surface area contributed by atoms with Crippen LogP contribution in [0.15, 0.2) is 18.6 Å². The highest BCUT2D eigenvalue weighted by Crippen LogP contribution is 2.30. The predicted molar refractivity (Wildman–Crippen MR) is 76.7 cm³/mol. The number of nitrogens with zero attached hydrogens (tertiary/aromatic N) is 4. The molecule has 0 atom stereocenters. The van der Waals surface area contributed by atoms with Gasteiger partial charge in [-0.25, -0.2) is 9.97 Å². The average molecular weight is 282 g/mol. The molecule has 0 unspecified atom stereocenters. The Bertz CT molecular complexity index is 519. The first-order chi connectivity index (χ1) is 9.01. The summed E-state index contributed by atoms with van der Waals surface area (Å²) in [5.41, 5.74) is 0. The lowest BCUT2D eigenvalue weighted by Crippen LogP contribution is -2.07. The van der Waals surface area contributed by atoms with Crippen molar-refractivity contribution in [2.75, 3.05) is 19.0 Å². The molecule has 2 heterocycles. The quantitative estimate of drug-likeness (QED) is 0.875. The molecule has 0 fully saturated rings. The Morgan fingerprint density at radius 3 is 2.53 bits per heavy atom. The second-order valence-electron chi connectivity index (χ2n) is 4.26. The van der Waals surface area contributed by atoms with Gasteiger partial charge in [-0.3, -0.25) is 4.79 Å². The highest BCUT2D eigenvalue weighted by atomic mass is 32.1. The second-order valence-corrected chi connectivity index (χ2v) is 5.27. The lowest BCUT2D eigenvalue weighted by molar-refractivity contribution is -0.122. The van der Waals surface area contributed by atoms with Gasteiger partial charge in [0, 0.05) is 32.5 Å². The molecule has 0 saturated carbocycles. The van der Waals surface area contributed by atoms with E-state index in [-0.39, 0.29) is 6.47 Å². The zero-order valence-corrected chi connectivity index (χ0v) is 12.3. The summed E-state index contributed by atoms with van der Waals surface area (Å²) >= 11 is 1.66. The van der Waals surface area contributed by atoms with Gasteiger partial charge in [-0.2, -0.15) is 0 Å². The molecule has 19 heavy (non-hydrogen) atoms. The Kier molecular flexibility index (Phi) is 5.50. The average Bonchev–Trinajstić information content (AvgIpc) is 2.98. The first kappa shape index (κ1) is 15.2. The molecule has 2 aromatic rings. The summed E-state index contributed by atoms with van der Waals surface area (Å²) in [6.07, 6.45) is 5.74. The second kappa shape index (κ2) is 6.89. The van der Waals surface area contributed by atoms with Crippen molar-refractivity contribution in [2.45, 2.75) is 19.9 Å². The van der Waals surface area contributed by atoms with Gasteiger partial charge in [-0.1, -0.05) is 11.3 Å². The Balaban J connectivity index is 0.000000550. The summed E-state index contributed by atoms with van der Waals surface area (Å²) in [5, 5.41) is 7.90. The topological polar surface area (TPSA) is 71.2 Å². The minimum absolute atomic E-state index is 0.250. The van der Waals surface area contributed by atoms with Crippen molar-refractivity contribution in [3.8, 4) is 10.7 Å². The molecule has 1 N–H and O–H groups in total. The zero-order valence-electron chi connectivity index (χ0n) is 11.4. The number of aromatic nitrogens is 3. The molecule has 0 aliphatic heterocycles. The molecule has 2 aromatic heterocycles. The lowest BCUT2D eigenvalue weighted by atomic mass is 10.3. The fourth-order valence-electron chi connectivity index (χ4n) is 1.50. The van der Waals surface area contributed by atoms with E-state index in [1.54, 1.807) is 11.3 Å². The normalized spacial score (nSPS) is 9.95. The first-order valence-corrected chi connectivity index (χ1v) is 6.57. The van der Waals surface area contributed by atoms with Crippen molar-refractivity contribution in [2.24, 2.45) is 0 Å². The third-order valence-corrected chi connectivity index (χ3v) is 3.48. The maximum Gasteiger partial charge on any atom is 0.290 e. The number of hydrogen-bond acceptors (Lipinski definition) is 5. The zero-order chi connectivity index (χ0) is 14.4. The largest absolute Gasteiger partial charge is 0.483 e. The van der Waals surface area contributed by atoms with Gasteiger partial charge in [0.1, 0.15) is 0 Å². The van der Waals surface area contributed by atoms with Crippen LogP contribution >= 0.6 is 11.3 Å². The van der Waals surface area contributed by atoms with E-state index in [1.165, 1.54) is 0 Å². The van der Waals surface area contributed by atoms with Crippen molar-refractivity contribution in [3.63, 3.8) is 0 Å². The number of carboxylic acid groups (broad SMARTS) is 1. The van der Waals surface area contributed by atoms with Gasteiger partial charge in [0.05, 0.1) is 11.1 Å². The highest BCUT2D eigenvalue weighted by molar-refractivity contribution is 7.18. The van der Waals surface area contributed by atoms with E-state index >= 15 is 0 Å². The minimum Gasteiger partial charge on any atom is -0.483 e. The maximum absolute atomic E-state index is 8.36. The van der Waals surface area contributed by atoms with Crippen molar-refractivity contribution < 1.29 is 9.90 Å². The molecule has 2 rings (SSSR count). The molecular weight excluding hydrogens is 264 g/mol. The van der Waals surface area contributed by atoms with Crippen LogP contribution in [0.4, 0.5) is 5.13 Å². The molecule has 104 valence electrons. The first-order valence-electron chi connectivity index (χ1n) is 5.75. The van der Waals surface area contributed by atoms with Gasteiger partial charge < -0.3 is 14.6 Å². The summed E-state index contributed by atoms with van der Waals surface area (Å²) in [6.45, 7) is 4.05. The van der Waals surface area contributed by atoms with Gasteiger partial charge in [0.15, 0.2) is 11.0 Å². The summed E-state index contributed by atoms with van der Waals surface area (Å²) in [6, 6.07) is 0.419. The van der Waals surface area contributed by atoms with E-state index < -0.39 is 0 Å². The van der Waals surface area contributed by atoms with E-state index in [4.69, 9.17) is 9.90 Å². The van der Waals surface area contributed by atoms with Crippen LogP contribution in [0.1, 0.15) is 19.9 Å². The number of anilines is 1. The molecule has 0 aliphatic carbocycles. The van der Waals surface area contributed by atoms with Crippen molar-refractivity contribution in [1.82, 2.24) is 14.5 Å². The molecule has 0 aliphatic rings. The summed E-state index contributed by atoms with van der Waals surface area (Å²) in [4.78, 5) is 20.2. The number of imidazole rings is 1. The number of rotatable bonds is 3. The standard InChI is InChI=1S/C11H16N4S.CH2O2/c1-8(2)15-6-5-12-10(15)9-7-13-11(16-9)14(3)4;2-1-3/h5-8H,1-4H3;1H,(H,2,3). The Hall–Kier alpha value is -1.89. The Morgan fingerprint density at radius 1 is 1.42 bits per heavy atom. The molecule has 0 saturated heterocycles. The van der Waals surface area contributed by atoms with Crippen molar-refractivity contribution >= 4 is 22.9 Å². The van der Waals surface area contributed by atoms with Gasteiger partial charge in [-0.05, 0) is 13.8 Å². The Morgan fingerprint density at radius 2 is 2.05 bits per heavy atom. The predicted octanol–water partition coefficient (Wildman–Crippen LogP) is 2.35. The Labute approximate surface area is 116 Å². The lowest BCUT2D eigenvalue weighted by Gasteiger charge is -2.09. The van der Waals surface area contributed by atoms with Crippen LogP contribution in [0.3, 0.4) is 0 Å². The van der Waals surface area contributed by atoms with Gasteiger partial charge in [0.2, 0.25) is 0 Å². The van der Waals surface area contributed by atoms with Gasteiger partial charge >= 0.3 is 0 Å². The minimum atomic E-state index is -0.250. The molecule has 0 spiro atoms. The summed E-state index contributed by atoms with van der Waals surface area (Å²) in [5.74, 6) is 1.00. The smallest absolute Gasteiger partial charge is 0.290 e. The van der Waals surface area contributed by atoms with E-state index in [2.05, 4.69) is 28.4 Å². The molecule has 0 aromatic carbocycles. The SMILES string of the molecule is CC(C)n1ccnc1-c1cnc(N(C)C)s1.O=CO. The van der Waals surface area contributed by atoms with Crippen LogP contribution in [-0.2, 0) is 4.79 Å². The molecular formula is C12H18N4O2S. The van der Waals surface area contributed by atoms with Gasteiger partial charge in [-0.15, -0.1) is 0 Å². The van der Waals surface area contributed by atoms with E-state index in [9.17, 15) is 0 Å². The summed E-state index contributed by atoms with van der Waals surface area (Å²) < 4.78 is 2.16. The number of carbonyl (C=O) groups is 1. The van der Waals surface area contributed by atoms with Crippen LogP contribution in [0, 0.1) is 0 Å². The van der Waals surface area contributed by atoms with Crippen molar-refractivity contribution in [3.05, 3.63) is 18.6 Å². The fourth-order valence-corrected chi connectivity index (χ4v) is 2.34. The highest BCUT2D eigenvalue weighted by Gasteiger charge is 2.12. The van der Waals surface area contributed by atoms with E-state index in [1.807, 2.05) is 37.6 Å². The van der Waals surface area contributed by atoms with Crippen LogP contribution in [0.25, 0.3) is 10.7 Å². The van der Waals surface area contributed by atoms with Crippen LogP contribution < -0.4 is 4.90 Å². The third-order valence-electron chi connectivity index (χ3n) is 2.32. The molecule has 0 radical (unpaired) electrons. The van der Waals surface area contributed by atoms with Crippen LogP contribution in [-0.4, -0.2) is 40.2 Å². The van der Waals surface area contributed by atoms with E-state index in [0.717, 1.165) is 15.8 Å². The molecule has 7 heteroatoms. The maximum atomic E-state index is 8.36. The van der Waals surface area contributed by atoms with E-state index in [0.29, 0.717) is 6.04 Å². The molecule has 0 bridgehead atoms. The van der Waals surface area contributed by atoms with Crippen LogP contribution in [0.2, 0.25) is 0 Å². The van der Waals surface area contributed by atoms with Crippen molar-refractivity contribution in [1.29, 1.82) is 0 Å². The fraction of sp³-hybridized carbons (Fsp3) is 0.417. The number of thiazole rings is 1. The van der Waals surface area contributed by atoms with Gasteiger partial charge in [0.25, 0.3) is 6.47 Å². The molecule has 0 amide bonds. The molecule has 6 nitrogen and oxygen atoms in total. The number of hydrogen-bond donors (Lipinski definition) is 1. The summed E-state index contributed by atoms with van der Waals surface area (Å²) in [7, 11) is 4.00. The monoisotopic (exact) mass is 282 g/mol. The van der Waals surface area contributed by atoms with Crippen LogP contribution in [0.5, 0.6) is 0 Å².